The van der Waals surface area contributed by atoms with Gasteiger partial charge in [0.15, 0.2) is 0 Å². The molecule has 0 heterocycles. The zero-order valence-electron chi connectivity index (χ0n) is 5.46. The fraction of sp³-hybridized carbons (Fsp3) is 1.00. The Kier molecular flexibility index (Phi) is 0.381. The summed E-state index contributed by atoms with van der Waals surface area (Å²) in [7, 11) is 0. The zero-order chi connectivity index (χ0) is 5.46. The summed E-state index contributed by atoms with van der Waals surface area (Å²) in [6.45, 7) is 4.88. The van der Waals surface area contributed by atoms with Gasteiger partial charge in [-0.15, -0.1) is 0 Å². The molecule has 0 aromatic carbocycles. The van der Waals surface area contributed by atoms with Gasteiger partial charge >= 0.3 is 0 Å². The molecule has 0 nitrogen and oxygen atoms in total. The van der Waals surface area contributed by atoms with Gasteiger partial charge in [-0.05, 0) is 35.5 Å². The second-order valence-electron chi connectivity index (χ2n) is 4.03. The van der Waals surface area contributed by atoms with Crippen LogP contribution in [0.25, 0.3) is 0 Å². The van der Waals surface area contributed by atoms with Crippen molar-refractivity contribution < 1.29 is 0 Å². The van der Waals surface area contributed by atoms with Crippen molar-refractivity contribution in [3.8, 4) is 0 Å². The van der Waals surface area contributed by atoms with Gasteiger partial charge in [-0.2, -0.15) is 0 Å². The minimum absolute atomic E-state index is 1.12. The van der Waals surface area contributed by atoms with Crippen LogP contribution < -0.4 is 0 Å². The number of fused-ring (bicyclic) bond motifs is 1. The molecule has 3 aliphatic rings. The van der Waals surface area contributed by atoms with E-state index in [1.807, 2.05) is 0 Å². The van der Waals surface area contributed by atoms with E-state index in [-0.39, 0.29) is 0 Å². The van der Waals surface area contributed by atoms with Crippen LogP contribution in [0.5, 0.6) is 0 Å². The van der Waals surface area contributed by atoms with Crippen LogP contribution in [0.1, 0.15) is 13.8 Å². The summed E-state index contributed by atoms with van der Waals surface area (Å²) < 4.78 is 0. The SMILES string of the molecule is CC1C2C(C)C3C1C23. The van der Waals surface area contributed by atoms with Crippen molar-refractivity contribution in [1.29, 1.82) is 0 Å². The van der Waals surface area contributed by atoms with Crippen molar-refractivity contribution in [2.24, 2.45) is 35.5 Å². The maximum Gasteiger partial charge on any atom is -0.0313 e. The normalized spacial score (nSPS) is 81.8. The summed E-state index contributed by atoms with van der Waals surface area (Å²) in [4.78, 5) is 0. The minimum atomic E-state index is 1.12. The first-order chi connectivity index (χ1) is 3.82. The number of rotatable bonds is 0. The Morgan fingerprint density at radius 3 is 1.25 bits per heavy atom. The molecule has 44 valence electrons. The lowest BCUT2D eigenvalue weighted by molar-refractivity contribution is 0.0835. The van der Waals surface area contributed by atoms with Gasteiger partial charge in [0.25, 0.3) is 0 Å². The van der Waals surface area contributed by atoms with E-state index >= 15 is 0 Å². The largest absolute Gasteiger partial charge is 0.0619 e. The maximum absolute atomic E-state index is 2.44. The molecular weight excluding hydrogens is 96.1 g/mol. The highest BCUT2D eigenvalue weighted by molar-refractivity contribution is 5.26. The standard InChI is InChI=1S/C8H12/c1-3-5-4(2)7-6(3)8(5)7/h3-8H,1-2H3. The molecule has 0 aromatic rings. The highest BCUT2D eigenvalue weighted by Gasteiger charge is 2.79. The Labute approximate surface area is 50.3 Å². The summed E-state index contributed by atoms with van der Waals surface area (Å²) in [5, 5.41) is 0. The van der Waals surface area contributed by atoms with Crippen LogP contribution in [0, 0.1) is 35.5 Å². The van der Waals surface area contributed by atoms with Gasteiger partial charge in [-0.3, -0.25) is 0 Å². The quantitative estimate of drug-likeness (QED) is 0.443. The van der Waals surface area contributed by atoms with E-state index < -0.39 is 0 Å². The second kappa shape index (κ2) is 0.778. The first-order valence-corrected chi connectivity index (χ1v) is 3.82. The molecule has 0 aliphatic heterocycles. The van der Waals surface area contributed by atoms with Gasteiger partial charge in [-0.1, -0.05) is 13.8 Å². The van der Waals surface area contributed by atoms with Crippen molar-refractivity contribution in [2.75, 3.05) is 0 Å². The molecule has 0 N–H and O–H groups in total. The van der Waals surface area contributed by atoms with E-state index in [1.165, 1.54) is 23.7 Å². The lowest BCUT2D eigenvalue weighted by Crippen LogP contribution is -2.35. The van der Waals surface area contributed by atoms with E-state index in [0.717, 1.165) is 11.8 Å². The summed E-state index contributed by atoms with van der Waals surface area (Å²) >= 11 is 0. The van der Waals surface area contributed by atoms with Crippen molar-refractivity contribution in [3.05, 3.63) is 0 Å². The van der Waals surface area contributed by atoms with Crippen LogP contribution in [-0.4, -0.2) is 0 Å². The second-order valence-corrected chi connectivity index (χ2v) is 4.03. The Bertz CT molecular complexity index is 130. The van der Waals surface area contributed by atoms with Crippen LogP contribution in [0.15, 0.2) is 0 Å². The fourth-order valence-corrected chi connectivity index (χ4v) is 3.70. The number of hydrogen-bond acceptors (Lipinski definition) is 0. The van der Waals surface area contributed by atoms with Gasteiger partial charge in [0.2, 0.25) is 0 Å². The fourth-order valence-electron chi connectivity index (χ4n) is 3.70. The van der Waals surface area contributed by atoms with Crippen molar-refractivity contribution in [3.63, 3.8) is 0 Å². The molecule has 0 amide bonds. The van der Waals surface area contributed by atoms with E-state index in [4.69, 9.17) is 0 Å². The molecule has 0 heteroatoms. The molecule has 3 saturated carbocycles. The monoisotopic (exact) mass is 108 g/mol. The summed E-state index contributed by atoms with van der Waals surface area (Å²) in [5.41, 5.74) is 0. The molecule has 3 fully saturated rings. The first kappa shape index (κ1) is 3.92. The third-order valence-electron chi connectivity index (χ3n) is 4.07. The van der Waals surface area contributed by atoms with Crippen LogP contribution in [0.3, 0.4) is 0 Å². The van der Waals surface area contributed by atoms with Gasteiger partial charge in [-0.25, -0.2) is 0 Å². The average Bonchev–Trinajstić information content (AvgIpc) is 2.21. The van der Waals surface area contributed by atoms with Crippen LogP contribution in [0.2, 0.25) is 0 Å². The lowest BCUT2D eigenvalue weighted by atomic mass is 9.66. The van der Waals surface area contributed by atoms with Gasteiger partial charge < -0.3 is 0 Å². The zero-order valence-corrected chi connectivity index (χ0v) is 5.46. The molecule has 4 atom stereocenters. The minimum Gasteiger partial charge on any atom is -0.0619 e. The summed E-state index contributed by atoms with van der Waals surface area (Å²) in [6, 6.07) is 0. The molecule has 8 heavy (non-hydrogen) atoms. The molecular formula is C8H12. The van der Waals surface area contributed by atoms with E-state index in [0.29, 0.717) is 0 Å². The van der Waals surface area contributed by atoms with E-state index in [2.05, 4.69) is 13.8 Å². The highest BCUT2D eigenvalue weighted by atomic mass is 14.8. The number of hydrogen-bond donors (Lipinski definition) is 0. The Morgan fingerprint density at radius 2 is 1.12 bits per heavy atom. The van der Waals surface area contributed by atoms with E-state index in [1.54, 1.807) is 0 Å². The Morgan fingerprint density at radius 1 is 0.625 bits per heavy atom. The summed E-state index contributed by atoms with van der Waals surface area (Å²) in [5.74, 6) is 7.12. The van der Waals surface area contributed by atoms with E-state index in [9.17, 15) is 0 Å². The highest BCUT2D eigenvalue weighted by Crippen LogP contribution is 2.83. The van der Waals surface area contributed by atoms with Gasteiger partial charge in [0.1, 0.15) is 0 Å². The van der Waals surface area contributed by atoms with Crippen LogP contribution in [0.4, 0.5) is 0 Å². The molecule has 0 aromatic heterocycles. The molecule has 3 aliphatic carbocycles. The predicted molar refractivity (Wildman–Crippen MR) is 32.3 cm³/mol. The van der Waals surface area contributed by atoms with Crippen molar-refractivity contribution in [1.82, 2.24) is 0 Å². The molecule has 0 spiro atoms. The van der Waals surface area contributed by atoms with Gasteiger partial charge in [0.05, 0.1) is 0 Å². The predicted octanol–water partition coefficient (Wildman–Crippen LogP) is 1.76. The maximum atomic E-state index is 2.44. The third-order valence-corrected chi connectivity index (χ3v) is 4.07. The Balaban J connectivity index is 2.01. The first-order valence-electron chi connectivity index (χ1n) is 3.82. The summed E-state index contributed by atoms with van der Waals surface area (Å²) in [6.07, 6.45) is 0. The third kappa shape index (κ3) is 0.167. The molecule has 3 rings (SSSR count). The van der Waals surface area contributed by atoms with Crippen LogP contribution in [-0.2, 0) is 0 Å². The molecule has 0 radical (unpaired) electrons. The van der Waals surface area contributed by atoms with Gasteiger partial charge in [0, 0.05) is 0 Å². The Hall–Kier alpha value is 0. The lowest BCUT2D eigenvalue weighted by Gasteiger charge is -2.39. The van der Waals surface area contributed by atoms with Crippen molar-refractivity contribution >= 4 is 0 Å². The van der Waals surface area contributed by atoms with Crippen molar-refractivity contribution in [2.45, 2.75) is 13.8 Å². The molecule has 0 bridgehead atoms. The molecule has 0 saturated heterocycles. The van der Waals surface area contributed by atoms with Crippen LogP contribution >= 0.6 is 0 Å². The topological polar surface area (TPSA) is 0 Å². The molecule has 4 unspecified atom stereocenters. The average molecular weight is 108 g/mol. The smallest absolute Gasteiger partial charge is 0.0313 e.